The lowest BCUT2D eigenvalue weighted by Gasteiger charge is -2.38. The first-order valence-electron chi connectivity index (χ1n) is 7.61. The molecule has 9 heteroatoms. The van der Waals surface area contributed by atoms with E-state index in [-0.39, 0.29) is 12.3 Å². The summed E-state index contributed by atoms with van der Waals surface area (Å²) in [5, 5.41) is 23.2. The van der Waals surface area contributed by atoms with Gasteiger partial charge in [-0.3, -0.25) is 19.1 Å². The zero-order valence-corrected chi connectivity index (χ0v) is 12.6. The second kappa shape index (κ2) is 7.53. The van der Waals surface area contributed by atoms with Crippen LogP contribution in [0, 0.1) is 0 Å². The van der Waals surface area contributed by atoms with E-state index in [4.69, 9.17) is 5.73 Å². The van der Waals surface area contributed by atoms with Crippen LogP contribution in [0.1, 0.15) is 31.7 Å². The quantitative estimate of drug-likeness (QED) is 0.415. The minimum absolute atomic E-state index is 0.230. The van der Waals surface area contributed by atoms with Crippen LogP contribution in [-0.4, -0.2) is 50.5 Å². The number of aromatic amines is 1. The molecule has 0 bridgehead atoms. The molecule has 0 unspecified atom stereocenters. The van der Waals surface area contributed by atoms with Crippen molar-refractivity contribution in [3.8, 4) is 0 Å². The average Bonchev–Trinajstić information content (AvgIpc) is 2.51. The van der Waals surface area contributed by atoms with E-state index < -0.39 is 35.5 Å². The number of amides is 1. The van der Waals surface area contributed by atoms with Crippen LogP contribution in [0.4, 0.5) is 0 Å². The van der Waals surface area contributed by atoms with Gasteiger partial charge in [-0.25, -0.2) is 4.79 Å². The minimum atomic E-state index is -1.23. The highest BCUT2D eigenvalue weighted by Gasteiger charge is 2.39. The SMILES string of the molecule is NCCCC(=O)N[C@@H]1CC[C@@H](n2ccc(=O)[nH]c2=O)[C@@H](O)[C@@H]1O. The summed E-state index contributed by atoms with van der Waals surface area (Å²) in [6, 6.07) is -0.0576. The van der Waals surface area contributed by atoms with Crippen molar-refractivity contribution in [2.24, 2.45) is 5.73 Å². The van der Waals surface area contributed by atoms with Crippen molar-refractivity contribution in [2.75, 3.05) is 6.54 Å². The van der Waals surface area contributed by atoms with Crippen molar-refractivity contribution in [3.05, 3.63) is 33.1 Å². The Balaban J connectivity index is 2.06. The maximum Gasteiger partial charge on any atom is 0.328 e. The predicted molar refractivity (Wildman–Crippen MR) is 81.8 cm³/mol. The van der Waals surface area contributed by atoms with E-state index in [0.717, 1.165) is 0 Å². The Morgan fingerprint density at radius 2 is 2.09 bits per heavy atom. The summed E-state index contributed by atoms with van der Waals surface area (Å²) in [6.45, 7) is 0.403. The highest BCUT2D eigenvalue weighted by Crippen LogP contribution is 2.28. The fourth-order valence-electron chi connectivity index (χ4n) is 2.85. The molecule has 9 nitrogen and oxygen atoms in total. The first-order chi connectivity index (χ1) is 10.9. The van der Waals surface area contributed by atoms with E-state index in [2.05, 4.69) is 10.3 Å². The van der Waals surface area contributed by atoms with Gasteiger partial charge in [0.2, 0.25) is 5.91 Å². The van der Waals surface area contributed by atoms with Gasteiger partial charge in [-0.15, -0.1) is 0 Å². The summed E-state index contributed by atoms with van der Waals surface area (Å²) in [4.78, 5) is 36.7. The first kappa shape index (κ1) is 17.4. The largest absolute Gasteiger partial charge is 0.388 e. The van der Waals surface area contributed by atoms with Crippen LogP contribution in [-0.2, 0) is 4.79 Å². The summed E-state index contributed by atoms with van der Waals surface area (Å²) in [7, 11) is 0. The van der Waals surface area contributed by atoms with Crippen LogP contribution >= 0.6 is 0 Å². The molecular weight excluding hydrogens is 304 g/mol. The summed E-state index contributed by atoms with van der Waals surface area (Å²) in [5.41, 5.74) is 4.17. The molecule has 0 saturated heterocycles. The Hall–Kier alpha value is -1.97. The second-order valence-corrected chi connectivity index (χ2v) is 5.71. The van der Waals surface area contributed by atoms with Crippen LogP contribution in [0.5, 0.6) is 0 Å². The number of aliphatic hydroxyl groups is 2. The van der Waals surface area contributed by atoms with Crippen molar-refractivity contribution >= 4 is 5.91 Å². The molecule has 128 valence electrons. The van der Waals surface area contributed by atoms with E-state index in [1.165, 1.54) is 16.8 Å². The molecule has 2 rings (SSSR count). The summed E-state index contributed by atoms with van der Waals surface area (Å²) in [6.07, 6.45) is 0.462. The predicted octanol–water partition coefficient (Wildman–Crippen LogP) is -2.18. The number of H-pyrrole nitrogens is 1. The number of nitrogens with two attached hydrogens (primary N) is 1. The lowest BCUT2D eigenvalue weighted by Crippen LogP contribution is -2.55. The molecule has 1 heterocycles. The maximum atomic E-state index is 11.8. The molecule has 23 heavy (non-hydrogen) atoms. The highest BCUT2D eigenvalue weighted by atomic mass is 16.3. The second-order valence-electron chi connectivity index (χ2n) is 5.71. The van der Waals surface area contributed by atoms with Gasteiger partial charge in [0.05, 0.1) is 12.1 Å². The topological polar surface area (TPSA) is 150 Å². The van der Waals surface area contributed by atoms with Crippen molar-refractivity contribution in [1.82, 2.24) is 14.9 Å². The molecule has 4 atom stereocenters. The minimum Gasteiger partial charge on any atom is -0.388 e. The standard InChI is InChI=1S/C14H22N4O5/c15-6-1-2-10(19)16-8-3-4-9(13(22)12(8)21)18-7-5-11(20)17-14(18)23/h5,7-9,12-13,21-22H,1-4,6,15H2,(H,16,19)(H,17,20,23)/t8-,9-,12-,13-/m1/s1. The number of aromatic nitrogens is 2. The third kappa shape index (κ3) is 4.06. The summed E-state index contributed by atoms with van der Waals surface area (Å²) in [5.74, 6) is -0.230. The van der Waals surface area contributed by atoms with Gasteiger partial charge in [0.1, 0.15) is 12.2 Å². The molecule has 1 aliphatic rings. The number of hydrogen-bond donors (Lipinski definition) is 5. The highest BCUT2D eigenvalue weighted by molar-refractivity contribution is 5.76. The van der Waals surface area contributed by atoms with Crippen LogP contribution in [0.3, 0.4) is 0 Å². The fraction of sp³-hybridized carbons (Fsp3) is 0.643. The Bertz CT molecular complexity index is 655. The van der Waals surface area contributed by atoms with Crippen LogP contribution in [0.25, 0.3) is 0 Å². The van der Waals surface area contributed by atoms with Gasteiger partial charge in [-0.05, 0) is 25.8 Å². The van der Waals surface area contributed by atoms with Gasteiger partial charge >= 0.3 is 5.69 Å². The summed E-state index contributed by atoms with van der Waals surface area (Å²) >= 11 is 0. The Morgan fingerprint density at radius 3 is 2.74 bits per heavy atom. The first-order valence-corrected chi connectivity index (χ1v) is 7.61. The molecule has 6 N–H and O–H groups in total. The van der Waals surface area contributed by atoms with Gasteiger partial charge in [0.25, 0.3) is 5.56 Å². The third-order valence-electron chi connectivity index (χ3n) is 4.09. The zero-order chi connectivity index (χ0) is 17.0. The lowest BCUT2D eigenvalue weighted by molar-refractivity contribution is -0.125. The Labute approximate surface area is 132 Å². The third-order valence-corrected chi connectivity index (χ3v) is 4.09. The van der Waals surface area contributed by atoms with Crippen molar-refractivity contribution in [3.63, 3.8) is 0 Å². The van der Waals surface area contributed by atoms with Crippen LogP contribution in [0.15, 0.2) is 21.9 Å². The van der Waals surface area contributed by atoms with E-state index >= 15 is 0 Å². The summed E-state index contributed by atoms with van der Waals surface area (Å²) < 4.78 is 1.20. The van der Waals surface area contributed by atoms with Gasteiger partial charge < -0.3 is 21.3 Å². The van der Waals surface area contributed by atoms with E-state index in [1.54, 1.807) is 0 Å². The number of nitrogens with zero attached hydrogens (tertiary/aromatic N) is 1. The molecule has 1 aromatic rings. The van der Waals surface area contributed by atoms with Gasteiger partial charge in [0.15, 0.2) is 0 Å². The van der Waals surface area contributed by atoms with Crippen molar-refractivity contribution in [1.29, 1.82) is 0 Å². The smallest absolute Gasteiger partial charge is 0.328 e. The molecule has 0 radical (unpaired) electrons. The molecule has 1 aliphatic carbocycles. The van der Waals surface area contributed by atoms with Gasteiger partial charge in [0, 0.05) is 18.7 Å². The van der Waals surface area contributed by atoms with Gasteiger partial charge in [-0.2, -0.15) is 0 Å². The molecule has 1 aromatic heterocycles. The number of rotatable bonds is 5. The Kier molecular flexibility index (Phi) is 5.69. The molecule has 1 fully saturated rings. The van der Waals surface area contributed by atoms with Crippen LogP contribution in [0.2, 0.25) is 0 Å². The normalized spacial score (nSPS) is 27.6. The monoisotopic (exact) mass is 326 g/mol. The molecule has 0 aromatic carbocycles. The van der Waals surface area contributed by atoms with Gasteiger partial charge in [-0.1, -0.05) is 0 Å². The molecule has 0 aliphatic heterocycles. The zero-order valence-electron chi connectivity index (χ0n) is 12.6. The number of nitrogens with one attached hydrogen (secondary N) is 2. The molecule has 0 spiro atoms. The van der Waals surface area contributed by atoms with E-state index in [1.807, 2.05) is 0 Å². The van der Waals surface area contributed by atoms with E-state index in [0.29, 0.717) is 25.8 Å². The maximum absolute atomic E-state index is 11.8. The number of carbonyl (C=O) groups excluding carboxylic acids is 1. The lowest BCUT2D eigenvalue weighted by atomic mass is 9.85. The number of hydrogen-bond acceptors (Lipinski definition) is 6. The van der Waals surface area contributed by atoms with Crippen LogP contribution < -0.4 is 22.3 Å². The molecular formula is C14H22N4O5. The van der Waals surface area contributed by atoms with Crippen molar-refractivity contribution in [2.45, 2.75) is 50.0 Å². The van der Waals surface area contributed by atoms with Crippen molar-refractivity contribution < 1.29 is 15.0 Å². The molecule has 1 amide bonds. The molecule has 1 saturated carbocycles. The number of carbonyl (C=O) groups is 1. The van der Waals surface area contributed by atoms with E-state index in [9.17, 15) is 24.6 Å². The number of aliphatic hydroxyl groups excluding tert-OH is 2. The Morgan fingerprint density at radius 1 is 1.35 bits per heavy atom. The fourth-order valence-corrected chi connectivity index (χ4v) is 2.85. The average molecular weight is 326 g/mol.